The number of carbonyl (C=O) groups excluding carboxylic acids is 1. The van der Waals surface area contributed by atoms with E-state index in [2.05, 4.69) is 5.32 Å². The van der Waals surface area contributed by atoms with Crippen LogP contribution < -0.4 is 15.7 Å². The fourth-order valence-electron chi connectivity index (χ4n) is 2.31. The number of hydrogen-bond acceptors (Lipinski definition) is 4. The van der Waals surface area contributed by atoms with Crippen LogP contribution >= 0.6 is 0 Å². The van der Waals surface area contributed by atoms with Crippen LogP contribution in [0.1, 0.15) is 32.3 Å². The van der Waals surface area contributed by atoms with Crippen molar-refractivity contribution in [2.75, 3.05) is 6.61 Å². The van der Waals surface area contributed by atoms with Crippen LogP contribution in [0.2, 0.25) is 0 Å². The zero-order valence-corrected chi connectivity index (χ0v) is 13.1. The molecule has 0 saturated carbocycles. The number of aryl methyl sites for hydroxylation is 1. The highest BCUT2D eigenvalue weighted by atomic mass is 16.5. The maximum Gasteiger partial charge on any atom is 0.336 e. The molecule has 0 spiro atoms. The van der Waals surface area contributed by atoms with Gasteiger partial charge in [-0.2, -0.15) is 0 Å². The zero-order valence-electron chi connectivity index (χ0n) is 13.1. The molecule has 2 rings (SSSR count). The highest BCUT2D eigenvalue weighted by Gasteiger charge is 2.10. The fourth-order valence-corrected chi connectivity index (χ4v) is 2.31. The molecule has 0 atom stereocenters. The van der Waals surface area contributed by atoms with Gasteiger partial charge in [-0.25, -0.2) is 4.79 Å². The Morgan fingerprint density at radius 1 is 1.27 bits per heavy atom. The highest BCUT2D eigenvalue weighted by Crippen LogP contribution is 2.22. The maximum atomic E-state index is 11.8. The van der Waals surface area contributed by atoms with Gasteiger partial charge in [0.2, 0.25) is 0 Å². The molecule has 0 fully saturated rings. The minimum atomic E-state index is -0.395. The summed E-state index contributed by atoms with van der Waals surface area (Å²) in [5.74, 6) is 0.348. The van der Waals surface area contributed by atoms with Crippen LogP contribution in [0, 0.1) is 6.92 Å². The first kappa shape index (κ1) is 16.1. The van der Waals surface area contributed by atoms with Gasteiger partial charge >= 0.3 is 5.63 Å². The van der Waals surface area contributed by atoms with Crippen molar-refractivity contribution in [1.29, 1.82) is 0 Å². The lowest BCUT2D eigenvalue weighted by atomic mass is 10.1. The summed E-state index contributed by atoms with van der Waals surface area (Å²) in [6.45, 7) is 5.85. The molecule has 1 aromatic heterocycles. The molecule has 5 heteroatoms. The van der Waals surface area contributed by atoms with Crippen molar-refractivity contribution in [3.8, 4) is 5.75 Å². The molecule has 0 unspecified atom stereocenters. The van der Waals surface area contributed by atoms with Gasteiger partial charge < -0.3 is 14.5 Å². The first-order valence-electron chi connectivity index (χ1n) is 7.50. The van der Waals surface area contributed by atoms with Gasteiger partial charge in [-0.1, -0.05) is 13.8 Å². The van der Waals surface area contributed by atoms with Crippen molar-refractivity contribution >= 4 is 16.9 Å². The monoisotopic (exact) mass is 303 g/mol. The van der Waals surface area contributed by atoms with Gasteiger partial charge in [0.1, 0.15) is 11.3 Å². The Hall–Kier alpha value is -2.30. The number of fused-ring (bicyclic) bond motifs is 1. The summed E-state index contributed by atoms with van der Waals surface area (Å²) in [5, 5.41) is 3.76. The van der Waals surface area contributed by atoms with E-state index in [1.807, 2.05) is 26.8 Å². The molecule has 0 aliphatic heterocycles. The number of benzene rings is 1. The summed E-state index contributed by atoms with van der Waals surface area (Å²) in [6.07, 6.45) is 1.78. The Morgan fingerprint density at radius 3 is 2.68 bits per heavy atom. The predicted molar refractivity (Wildman–Crippen MR) is 85.2 cm³/mol. The highest BCUT2D eigenvalue weighted by molar-refractivity contribution is 5.81. The van der Waals surface area contributed by atoms with Crippen molar-refractivity contribution in [3.05, 3.63) is 40.2 Å². The quantitative estimate of drug-likeness (QED) is 0.833. The summed E-state index contributed by atoms with van der Waals surface area (Å²) in [6, 6.07) is 6.84. The van der Waals surface area contributed by atoms with Crippen LogP contribution in [0.3, 0.4) is 0 Å². The lowest BCUT2D eigenvalue weighted by molar-refractivity contribution is -0.123. The number of ether oxygens (including phenoxy) is 1. The first-order valence-corrected chi connectivity index (χ1v) is 7.50. The Balaban J connectivity index is 2.06. The van der Waals surface area contributed by atoms with E-state index in [0.717, 1.165) is 23.8 Å². The van der Waals surface area contributed by atoms with Crippen LogP contribution in [0.4, 0.5) is 0 Å². The van der Waals surface area contributed by atoms with E-state index in [1.54, 1.807) is 12.1 Å². The maximum absolute atomic E-state index is 11.8. The third kappa shape index (κ3) is 3.87. The van der Waals surface area contributed by atoms with Gasteiger partial charge in [0.25, 0.3) is 5.91 Å². The first-order chi connectivity index (χ1) is 10.5. The SMILES string of the molecule is CCC(CC)NC(=O)COc1ccc2c(C)cc(=O)oc2c1. The van der Waals surface area contributed by atoms with Crippen LogP contribution in [0.15, 0.2) is 33.5 Å². The van der Waals surface area contributed by atoms with Crippen molar-refractivity contribution in [1.82, 2.24) is 5.32 Å². The van der Waals surface area contributed by atoms with Crippen LogP contribution in [-0.4, -0.2) is 18.6 Å². The van der Waals surface area contributed by atoms with E-state index in [0.29, 0.717) is 11.3 Å². The Labute approximate surface area is 129 Å². The van der Waals surface area contributed by atoms with Gasteiger partial charge in [0.15, 0.2) is 6.61 Å². The van der Waals surface area contributed by atoms with E-state index >= 15 is 0 Å². The summed E-state index contributed by atoms with van der Waals surface area (Å²) < 4.78 is 10.6. The molecule has 5 nitrogen and oxygen atoms in total. The summed E-state index contributed by atoms with van der Waals surface area (Å²) in [7, 11) is 0. The molecular weight excluding hydrogens is 282 g/mol. The summed E-state index contributed by atoms with van der Waals surface area (Å²) in [5.41, 5.74) is 0.917. The molecule has 0 bridgehead atoms. The second-order valence-electron chi connectivity index (χ2n) is 5.28. The second-order valence-corrected chi connectivity index (χ2v) is 5.28. The molecule has 0 aliphatic carbocycles. The molecule has 0 saturated heterocycles. The molecule has 1 heterocycles. The molecule has 1 amide bonds. The minimum Gasteiger partial charge on any atom is -0.484 e. The van der Waals surface area contributed by atoms with E-state index in [4.69, 9.17) is 9.15 Å². The topological polar surface area (TPSA) is 68.5 Å². The molecule has 1 aromatic carbocycles. The van der Waals surface area contributed by atoms with Crippen LogP contribution in [0.25, 0.3) is 11.0 Å². The largest absolute Gasteiger partial charge is 0.484 e. The van der Waals surface area contributed by atoms with Crippen molar-refractivity contribution in [3.63, 3.8) is 0 Å². The molecule has 0 radical (unpaired) electrons. The van der Waals surface area contributed by atoms with Gasteiger partial charge in [-0.05, 0) is 37.5 Å². The smallest absolute Gasteiger partial charge is 0.336 e. The Bertz CT molecular complexity index is 716. The number of rotatable bonds is 6. The number of carbonyl (C=O) groups is 1. The molecular formula is C17H21NO4. The fraction of sp³-hybridized carbons (Fsp3) is 0.412. The van der Waals surface area contributed by atoms with Gasteiger partial charge in [-0.15, -0.1) is 0 Å². The van der Waals surface area contributed by atoms with E-state index < -0.39 is 5.63 Å². The molecule has 22 heavy (non-hydrogen) atoms. The Kier molecular flexibility index (Phi) is 5.20. The zero-order chi connectivity index (χ0) is 16.1. The third-order valence-corrected chi connectivity index (χ3v) is 3.64. The van der Waals surface area contributed by atoms with E-state index in [-0.39, 0.29) is 18.6 Å². The van der Waals surface area contributed by atoms with Crippen LogP contribution in [0.5, 0.6) is 5.75 Å². The average Bonchev–Trinajstić information content (AvgIpc) is 2.50. The molecule has 2 aromatic rings. The van der Waals surface area contributed by atoms with Crippen molar-refractivity contribution in [2.45, 2.75) is 39.7 Å². The number of nitrogens with one attached hydrogen (secondary N) is 1. The number of hydrogen-bond donors (Lipinski definition) is 1. The number of amides is 1. The van der Waals surface area contributed by atoms with Crippen LogP contribution in [-0.2, 0) is 4.79 Å². The minimum absolute atomic E-state index is 0.0575. The second kappa shape index (κ2) is 7.11. The Morgan fingerprint density at radius 2 is 2.00 bits per heavy atom. The van der Waals surface area contributed by atoms with Gasteiger partial charge in [0.05, 0.1) is 0 Å². The summed E-state index contributed by atoms with van der Waals surface area (Å²) in [4.78, 5) is 23.2. The van der Waals surface area contributed by atoms with Crippen molar-refractivity contribution < 1.29 is 13.9 Å². The lowest BCUT2D eigenvalue weighted by Crippen LogP contribution is -2.37. The summed E-state index contributed by atoms with van der Waals surface area (Å²) >= 11 is 0. The standard InChI is InChI=1S/C17H21NO4/c1-4-12(5-2)18-16(19)10-21-13-6-7-14-11(3)8-17(20)22-15(14)9-13/h6-9,12H,4-5,10H2,1-3H3,(H,18,19). The third-order valence-electron chi connectivity index (χ3n) is 3.64. The van der Waals surface area contributed by atoms with Gasteiger partial charge in [-0.3, -0.25) is 4.79 Å². The molecule has 0 aliphatic rings. The average molecular weight is 303 g/mol. The normalized spacial score (nSPS) is 10.9. The van der Waals surface area contributed by atoms with Gasteiger partial charge in [0, 0.05) is 23.6 Å². The lowest BCUT2D eigenvalue weighted by Gasteiger charge is -2.15. The van der Waals surface area contributed by atoms with E-state index in [1.165, 1.54) is 6.07 Å². The molecule has 118 valence electrons. The van der Waals surface area contributed by atoms with E-state index in [9.17, 15) is 9.59 Å². The molecule has 1 N–H and O–H groups in total. The predicted octanol–water partition coefficient (Wildman–Crippen LogP) is 2.79. The van der Waals surface area contributed by atoms with Crippen molar-refractivity contribution in [2.24, 2.45) is 0 Å².